The van der Waals surface area contributed by atoms with Gasteiger partial charge in [-0.2, -0.15) is 18.3 Å². The molecule has 228 valence electrons. The van der Waals surface area contributed by atoms with Crippen molar-refractivity contribution in [2.75, 3.05) is 37.7 Å². The van der Waals surface area contributed by atoms with Gasteiger partial charge in [0.05, 0.1) is 23.5 Å². The number of aromatic nitrogens is 2. The number of carbonyl (C=O) groups is 2. The third-order valence-electron chi connectivity index (χ3n) is 8.72. The van der Waals surface area contributed by atoms with Gasteiger partial charge in [0.15, 0.2) is 6.61 Å². The van der Waals surface area contributed by atoms with Crippen molar-refractivity contribution in [1.29, 1.82) is 0 Å². The summed E-state index contributed by atoms with van der Waals surface area (Å²) in [4.78, 5) is 30.2. The number of rotatable bonds is 6. The molecule has 1 fully saturated rings. The van der Waals surface area contributed by atoms with Gasteiger partial charge < -0.3 is 24.5 Å². The van der Waals surface area contributed by atoms with Gasteiger partial charge in [-0.15, -0.1) is 0 Å². The Morgan fingerprint density at radius 1 is 1.07 bits per heavy atom. The van der Waals surface area contributed by atoms with E-state index in [0.717, 1.165) is 79.3 Å². The Morgan fingerprint density at radius 2 is 1.81 bits per heavy atom. The molecule has 12 heteroatoms. The molecule has 9 nitrogen and oxygen atoms in total. The average Bonchev–Trinajstić information content (AvgIpc) is 3.35. The summed E-state index contributed by atoms with van der Waals surface area (Å²) in [7, 11) is 0. The number of fused-ring (bicyclic) bond motifs is 2. The number of nitrogens with zero attached hydrogens (tertiary/aromatic N) is 5. The van der Waals surface area contributed by atoms with Crippen LogP contribution in [0.4, 0.5) is 23.7 Å². The molecule has 0 saturated carbocycles. The normalized spacial score (nSPS) is 17.9. The predicted octanol–water partition coefficient (Wildman–Crippen LogP) is 5.19. The summed E-state index contributed by atoms with van der Waals surface area (Å²) in [6, 6.07) is 10.8. The van der Waals surface area contributed by atoms with Crippen molar-refractivity contribution in [1.82, 2.24) is 19.6 Å². The molecule has 43 heavy (non-hydrogen) atoms. The number of carbonyl (C=O) groups excluding carboxylic acids is 1. The van der Waals surface area contributed by atoms with Crippen molar-refractivity contribution in [3.05, 3.63) is 64.8 Å². The molecule has 0 bridgehead atoms. The fourth-order valence-electron chi connectivity index (χ4n) is 6.51. The number of hydrogen-bond donors (Lipinski definition) is 1. The summed E-state index contributed by atoms with van der Waals surface area (Å²) in [6.45, 7) is 5.72. The van der Waals surface area contributed by atoms with E-state index >= 15 is 0 Å². The van der Waals surface area contributed by atoms with Crippen LogP contribution in [0.15, 0.2) is 42.5 Å². The van der Waals surface area contributed by atoms with Gasteiger partial charge >= 0.3 is 12.3 Å². The SMILES string of the molecule is Cc1cccc2c1N(C1CCN(CCCn3nc(-c4ccc(C(F)(F)F)cc4)c4c3CCN(C(=O)O)C4)CC1)C(=O)CO2. The number of halogens is 3. The number of amides is 2. The molecule has 3 aliphatic rings. The van der Waals surface area contributed by atoms with E-state index in [1.807, 2.05) is 34.7 Å². The zero-order valence-corrected chi connectivity index (χ0v) is 23.9. The third-order valence-corrected chi connectivity index (χ3v) is 8.72. The van der Waals surface area contributed by atoms with E-state index in [2.05, 4.69) is 4.90 Å². The van der Waals surface area contributed by atoms with Gasteiger partial charge in [-0.3, -0.25) is 9.48 Å². The quantitative estimate of drug-likeness (QED) is 0.421. The highest BCUT2D eigenvalue weighted by atomic mass is 19.4. The van der Waals surface area contributed by atoms with Crippen molar-refractivity contribution in [2.24, 2.45) is 0 Å². The van der Waals surface area contributed by atoms with E-state index in [1.165, 1.54) is 17.0 Å². The summed E-state index contributed by atoms with van der Waals surface area (Å²) in [6.07, 6.45) is -2.44. The highest BCUT2D eigenvalue weighted by Gasteiger charge is 2.35. The molecule has 2 amide bonds. The minimum absolute atomic E-state index is 0.00554. The lowest BCUT2D eigenvalue weighted by atomic mass is 9.99. The molecule has 3 aromatic rings. The van der Waals surface area contributed by atoms with Crippen LogP contribution in [0.2, 0.25) is 0 Å². The van der Waals surface area contributed by atoms with Crippen molar-refractivity contribution in [2.45, 2.75) is 57.9 Å². The molecule has 2 aromatic carbocycles. The summed E-state index contributed by atoms with van der Waals surface area (Å²) < 4.78 is 46.9. The summed E-state index contributed by atoms with van der Waals surface area (Å²) in [5.41, 5.74) is 3.92. The zero-order chi connectivity index (χ0) is 30.3. The highest BCUT2D eigenvalue weighted by molar-refractivity contribution is 5.99. The molecule has 0 atom stereocenters. The number of hydrogen-bond acceptors (Lipinski definition) is 5. The van der Waals surface area contributed by atoms with Crippen molar-refractivity contribution >= 4 is 17.7 Å². The monoisotopic (exact) mass is 597 g/mol. The number of carboxylic acid groups (broad SMARTS) is 1. The standard InChI is InChI=1S/C31H34F3N5O4/c1-20-4-2-5-26-29(20)39(27(40)19-43-26)23-10-15-36(16-11-23)13-3-14-38-25-12-17-37(30(41)42)18-24(25)28(35-38)21-6-8-22(9-7-21)31(32,33)34/h2,4-9,23H,3,10-19H2,1H3,(H,41,42). The maximum absolute atomic E-state index is 13.1. The number of aryl methyl sites for hydroxylation is 2. The van der Waals surface area contributed by atoms with Gasteiger partial charge in [-0.1, -0.05) is 24.3 Å². The summed E-state index contributed by atoms with van der Waals surface area (Å²) >= 11 is 0. The maximum Gasteiger partial charge on any atom is 0.416 e. The Morgan fingerprint density at radius 3 is 2.51 bits per heavy atom. The van der Waals surface area contributed by atoms with E-state index in [4.69, 9.17) is 9.84 Å². The van der Waals surface area contributed by atoms with Crippen molar-refractivity contribution in [3.63, 3.8) is 0 Å². The Bertz CT molecular complexity index is 1510. The Labute approximate surface area is 247 Å². The van der Waals surface area contributed by atoms with E-state index < -0.39 is 17.8 Å². The zero-order valence-electron chi connectivity index (χ0n) is 23.9. The van der Waals surface area contributed by atoms with Crippen LogP contribution in [-0.2, 0) is 30.5 Å². The molecule has 4 heterocycles. The van der Waals surface area contributed by atoms with Crippen LogP contribution in [0, 0.1) is 6.92 Å². The van der Waals surface area contributed by atoms with Crippen LogP contribution >= 0.6 is 0 Å². The first-order valence-corrected chi connectivity index (χ1v) is 14.6. The molecule has 1 N–H and O–H groups in total. The van der Waals surface area contributed by atoms with Gasteiger partial charge in [0.2, 0.25) is 0 Å². The van der Waals surface area contributed by atoms with Gasteiger partial charge in [-0.05, 0) is 56.5 Å². The molecular weight excluding hydrogens is 563 g/mol. The minimum Gasteiger partial charge on any atom is -0.482 e. The largest absolute Gasteiger partial charge is 0.482 e. The lowest BCUT2D eigenvalue weighted by Gasteiger charge is -2.41. The first-order valence-electron chi connectivity index (χ1n) is 14.6. The molecule has 1 aromatic heterocycles. The molecule has 0 unspecified atom stereocenters. The fraction of sp³-hybridized carbons (Fsp3) is 0.452. The summed E-state index contributed by atoms with van der Waals surface area (Å²) in [5, 5.41) is 14.3. The average molecular weight is 598 g/mol. The van der Waals surface area contributed by atoms with Crippen LogP contribution < -0.4 is 9.64 Å². The topological polar surface area (TPSA) is 91.1 Å². The fourth-order valence-corrected chi connectivity index (χ4v) is 6.51. The minimum atomic E-state index is -4.44. The maximum atomic E-state index is 13.1. The van der Waals surface area contributed by atoms with Crippen LogP contribution in [0.25, 0.3) is 11.3 Å². The van der Waals surface area contributed by atoms with Gasteiger partial charge in [0.1, 0.15) is 5.75 Å². The van der Waals surface area contributed by atoms with Gasteiger partial charge in [0, 0.05) is 55.5 Å². The lowest BCUT2D eigenvalue weighted by molar-refractivity contribution is -0.137. The van der Waals surface area contributed by atoms with E-state index in [0.29, 0.717) is 30.8 Å². The molecule has 1 saturated heterocycles. The molecule has 3 aliphatic heterocycles. The van der Waals surface area contributed by atoms with Crippen molar-refractivity contribution in [3.8, 4) is 17.0 Å². The number of piperidine rings is 1. The Kier molecular flexibility index (Phi) is 7.80. The van der Waals surface area contributed by atoms with Crippen LogP contribution in [0.1, 0.15) is 41.6 Å². The summed E-state index contributed by atoms with van der Waals surface area (Å²) in [5.74, 6) is 0.751. The predicted molar refractivity (Wildman–Crippen MR) is 153 cm³/mol. The van der Waals surface area contributed by atoms with E-state index in [9.17, 15) is 27.9 Å². The van der Waals surface area contributed by atoms with Crippen molar-refractivity contribution < 1.29 is 32.6 Å². The van der Waals surface area contributed by atoms with Crippen LogP contribution in [0.3, 0.4) is 0 Å². The third kappa shape index (κ3) is 5.80. The number of ether oxygens (including phenoxy) is 1. The first-order chi connectivity index (χ1) is 20.6. The van der Waals surface area contributed by atoms with Crippen LogP contribution in [-0.4, -0.2) is 75.5 Å². The van der Waals surface area contributed by atoms with Gasteiger partial charge in [-0.25, -0.2) is 4.79 Å². The second-order valence-corrected chi connectivity index (χ2v) is 11.4. The Balaban J connectivity index is 1.11. The lowest BCUT2D eigenvalue weighted by Crippen LogP contribution is -2.51. The first kappa shape index (κ1) is 29.0. The number of para-hydroxylation sites is 1. The molecule has 0 spiro atoms. The molecule has 6 rings (SSSR count). The number of anilines is 1. The van der Waals surface area contributed by atoms with E-state index in [1.54, 1.807) is 0 Å². The van der Waals surface area contributed by atoms with Crippen LogP contribution in [0.5, 0.6) is 5.75 Å². The molecule has 0 aliphatic carbocycles. The van der Waals surface area contributed by atoms with Gasteiger partial charge in [0.25, 0.3) is 5.91 Å². The highest BCUT2D eigenvalue weighted by Crippen LogP contribution is 2.38. The number of likely N-dealkylation sites (tertiary alicyclic amines) is 1. The number of alkyl halides is 3. The van der Waals surface area contributed by atoms with E-state index in [-0.39, 0.29) is 25.1 Å². The Hall–Kier alpha value is -4.06. The molecular formula is C31H34F3N5O4. The smallest absolute Gasteiger partial charge is 0.416 e. The second-order valence-electron chi connectivity index (χ2n) is 11.4. The second kappa shape index (κ2) is 11.6. The molecule has 0 radical (unpaired) electrons. The number of benzene rings is 2.